The van der Waals surface area contributed by atoms with Crippen LogP contribution in [0.25, 0.3) is 0 Å². The number of carbonyl (C=O) groups is 5. The number of carboxylic acids is 1. The molecule has 1 saturated heterocycles. The van der Waals surface area contributed by atoms with Crippen molar-refractivity contribution in [3.05, 3.63) is 46.7 Å². The highest BCUT2D eigenvalue weighted by Gasteiger charge is 2.59. The van der Waals surface area contributed by atoms with Crippen LogP contribution in [-0.2, 0) is 14.4 Å². The van der Waals surface area contributed by atoms with Crippen molar-refractivity contribution >= 4 is 47.6 Å². The maximum Gasteiger partial charge on any atom is 0.353 e. The van der Waals surface area contributed by atoms with E-state index in [0.29, 0.717) is 0 Å². The lowest BCUT2D eigenvalue weighted by molar-refractivity contribution is -0.151. The van der Waals surface area contributed by atoms with E-state index in [2.05, 4.69) is 10.5 Å². The molecule has 4 amide bonds. The predicted molar refractivity (Wildman–Crippen MR) is 101 cm³/mol. The fourth-order valence-electron chi connectivity index (χ4n) is 3.49. The molecule has 11 heteroatoms. The Balaban J connectivity index is 1.64. The number of hydrazone groups is 1. The number of hydrogen-bond acceptors (Lipinski definition) is 7. The summed E-state index contributed by atoms with van der Waals surface area (Å²) in [5.41, 5.74) is 2.58. The molecule has 0 radical (unpaired) electrons. The average molecular weight is 414 g/mol. The van der Waals surface area contributed by atoms with Gasteiger partial charge in [0.15, 0.2) is 0 Å². The van der Waals surface area contributed by atoms with Gasteiger partial charge in [-0.25, -0.2) is 10.2 Å². The van der Waals surface area contributed by atoms with Gasteiger partial charge in [-0.1, -0.05) is 12.1 Å². The third-order valence-corrected chi connectivity index (χ3v) is 6.01. The number of imide groups is 1. The van der Waals surface area contributed by atoms with Gasteiger partial charge in [0.25, 0.3) is 17.7 Å². The molecular weight excluding hydrogens is 400 g/mol. The second-order valence-corrected chi connectivity index (χ2v) is 7.59. The summed E-state index contributed by atoms with van der Waals surface area (Å²) in [4.78, 5) is 62.9. The van der Waals surface area contributed by atoms with Crippen molar-refractivity contribution in [1.82, 2.24) is 15.2 Å². The van der Waals surface area contributed by atoms with Crippen molar-refractivity contribution in [2.24, 2.45) is 5.10 Å². The minimum Gasteiger partial charge on any atom is -0.477 e. The van der Waals surface area contributed by atoms with E-state index < -0.39 is 41.0 Å². The molecule has 4 rings (SSSR count). The number of β-lactam (4-membered cyclic amide) rings is 1. The van der Waals surface area contributed by atoms with E-state index in [9.17, 15) is 29.1 Å². The topological polar surface area (TPSA) is 136 Å². The lowest BCUT2D eigenvalue weighted by Gasteiger charge is -2.51. The molecule has 3 heterocycles. The second-order valence-electron chi connectivity index (χ2n) is 6.49. The van der Waals surface area contributed by atoms with Gasteiger partial charge in [-0.2, -0.15) is 5.10 Å². The zero-order valence-corrected chi connectivity index (χ0v) is 15.8. The zero-order chi connectivity index (χ0) is 20.9. The van der Waals surface area contributed by atoms with Gasteiger partial charge in [-0.05, 0) is 12.1 Å². The predicted octanol–water partition coefficient (Wildman–Crippen LogP) is 0.0269. The maximum atomic E-state index is 12.8. The third-order valence-electron chi connectivity index (χ3n) is 4.72. The number of carboxylic acid groups (broad SMARTS) is 1. The van der Waals surface area contributed by atoms with Crippen molar-refractivity contribution in [3.63, 3.8) is 0 Å². The van der Waals surface area contributed by atoms with E-state index in [1.807, 2.05) is 0 Å². The number of nitrogens with zero attached hydrogens (tertiary/aromatic N) is 3. The molecule has 0 bridgehead atoms. The quantitative estimate of drug-likeness (QED) is 0.307. The van der Waals surface area contributed by atoms with Crippen LogP contribution in [-0.4, -0.2) is 67.9 Å². The number of nitrogens with one attached hydrogen (secondary N) is 1. The molecule has 148 valence electrons. The van der Waals surface area contributed by atoms with Crippen LogP contribution >= 0.6 is 11.8 Å². The molecule has 2 N–H and O–H groups in total. The van der Waals surface area contributed by atoms with Gasteiger partial charge in [-0.15, -0.1) is 11.8 Å². The van der Waals surface area contributed by atoms with Crippen LogP contribution in [0.15, 0.2) is 40.6 Å². The Kier molecular flexibility index (Phi) is 4.46. The summed E-state index contributed by atoms with van der Waals surface area (Å²) in [6.45, 7) is 1.25. The van der Waals surface area contributed by atoms with Crippen molar-refractivity contribution < 1.29 is 29.1 Å². The van der Waals surface area contributed by atoms with Crippen molar-refractivity contribution in [2.75, 3.05) is 5.75 Å². The minimum atomic E-state index is -1.34. The fraction of sp³-hybridized carbons (Fsp3) is 0.222. The molecule has 0 spiro atoms. The highest BCUT2D eigenvalue weighted by Crippen LogP contribution is 2.43. The van der Waals surface area contributed by atoms with Gasteiger partial charge in [0.1, 0.15) is 17.1 Å². The Morgan fingerprint density at radius 3 is 2.34 bits per heavy atom. The molecule has 1 aromatic rings. The number of thioether (sulfide) groups is 1. The van der Waals surface area contributed by atoms with Gasteiger partial charge in [0.2, 0.25) is 5.91 Å². The lowest BCUT2D eigenvalue weighted by Crippen LogP contribution is -2.71. The summed E-state index contributed by atoms with van der Waals surface area (Å²) in [5, 5.41) is 12.6. The van der Waals surface area contributed by atoms with E-state index in [-0.39, 0.29) is 28.1 Å². The molecule has 2 atom stereocenters. The van der Waals surface area contributed by atoms with E-state index in [4.69, 9.17) is 0 Å². The van der Waals surface area contributed by atoms with Crippen molar-refractivity contribution in [1.29, 1.82) is 0 Å². The zero-order valence-electron chi connectivity index (χ0n) is 15.0. The van der Waals surface area contributed by atoms with Crippen LogP contribution in [0.4, 0.5) is 0 Å². The van der Waals surface area contributed by atoms with Crippen LogP contribution < -0.4 is 5.43 Å². The summed E-state index contributed by atoms with van der Waals surface area (Å²) >= 11 is 1.22. The maximum absolute atomic E-state index is 12.8. The number of carbonyl (C=O) groups excluding carboxylic acids is 4. The van der Waals surface area contributed by atoms with Crippen LogP contribution in [0.1, 0.15) is 27.6 Å². The molecule has 0 aliphatic carbocycles. The number of benzene rings is 1. The summed E-state index contributed by atoms with van der Waals surface area (Å²) in [6, 6.07) is 5.22. The summed E-state index contributed by atoms with van der Waals surface area (Å²) < 4.78 is 0. The third kappa shape index (κ3) is 2.81. The molecule has 0 saturated carbocycles. The minimum absolute atomic E-state index is 0.179. The Morgan fingerprint density at radius 2 is 1.79 bits per heavy atom. The molecule has 1 fully saturated rings. The first-order valence-electron chi connectivity index (χ1n) is 8.50. The van der Waals surface area contributed by atoms with Crippen molar-refractivity contribution in [2.45, 2.75) is 18.3 Å². The molecule has 29 heavy (non-hydrogen) atoms. The number of rotatable bonds is 4. The molecule has 3 aliphatic heterocycles. The first kappa shape index (κ1) is 18.9. The highest BCUT2D eigenvalue weighted by atomic mass is 32.2. The monoisotopic (exact) mass is 414 g/mol. The smallest absolute Gasteiger partial charge is 0.353 e. The fourth-order valence-corrected chi connectivity index (χ4v) is 4.83. The number of aliphatic carboxylic acids is 1. The van der Waals surface area contributed by atoms with Gasteiger partial charge in [0.05, 0.1) is 17.3 Å². The summed E-state index contributed by atoms with van der Waals surface area (Å²) in [7, 11) is 0. The largest absolute Gasteiger partial charge is 0.477 e. The van der Waals surface area contributed by atoms with Crippen molar-refractivity contribution in [3.8, 4) is 0 Å². The Hall–Kier alpha value is -3.47. The van der Waals surface area contributed by atoms with Gasteiger partial charge < -0.3 is 5.11 Å². The highest BCUT2D eigenvalue weighted by molar-refractivity contribution is 8.00. The van der Waals surface area contributed by atoms with Gasteiger partial charge >= 0.3 is 5.97 Å². The van der Waals surface area contributed by atoms with Crippen LogP contribution in [0.3, 0.4) is 0 Å². The number of hydrogen-bond donors (Lipinski definition) is 2. The van der Waals surface area contributed by atoms with Crippen LogP contribution in [0.5, 0.6) is 0 Å². The molecule has 0 aromatic heterocycles. The lowest BCUT2D eigenvalue weighted by atomic mass is 10.0. The second kappa shape index (κ2) is 6.85. The molecule has 1 aromatic carbocycles. The van der Waals surface area contributed by atoms with E-state index >= 15 is 0 Å². The summed E-state index contributed by atoms with van der Waals surface area (Å²) in [5.74, 6) is -3.37. The number of fused-ring (bicyclic) bond motifs is 2. The van der Waals surface area contributed by atoms with Gasteiger partial charge in [-0.3, -0.25) is 29.0 Å². The van der Waals surface area contributed by atoms with E-state index in [0.717, 1.165) is 9.80 Å². The Bertz CT molecular complexity index is 1010. The SMILES string of the molecule is CC(=O)NN=CC1=C(C(=O)O)N2C(=O)C(N3C(=O)c4ccccc4C3=O)[C@H]2SC1. The van der Waals surface area contributed by atoms with Crippen LogP contribution in [0, 0.1) is 0 Å². The first-order chi connectivity index (χ1) is 13.8. The van der Waals surface area contributed by atoms with Gasteiger partial charge in [0, 0.05) is 18.2 Å². The van der Waals surface area contributed by atoms with E-state index in [1.165, 1.54) is 37.0 Å². The average Bonchev–Trinajstić information content (AvgIpc) is 2.93. The van der Waals surface area contributed by atoms with Crippen LogP contribution in [0.2, 0.25) is 0 Å². The molecule has 1 unspecified atom stereocenters. The summed E-state index contributed by atoms with van der Waals surface area (Å²) in [6.07, 6.45) is 1.18. The Morgan fingerprint density at radius 1 is 1.17 bits per heavy atom. The molecule has 10 nitrogen and oxygen atoms in total. The molecule has 3 aliphatic rings. The molecular formula is C18H14N4O6S. The Labute approximate surface area is 168 Å². The number of amides is 4. The normalized spacial score (nSPS) is 23.3. The first-order valence-corrected chi connectivity index (χ1v) is 9.55. The van der Waals surface area contributed by atoms with E-state index in [1.54, 1.807) is 12.1 Å². The standard InChI is InChI=1S/C18H14N4O6S/c1-8(23)20-19-6-9-7-29-17-13(16(26)22(17)12(9)18(27)28)21-14(24)10-4-2-3-5-11(10)15(21)25/h2-6,13,17H,7H2,1H3,(H,20,23)(H,27,28)/t13?,17-/m1/s1.